The van der Waals surface area contributed by atoms with Gasteiger partial charge in [0, 0.05) is 12.7 Å². The van der Waals surface area contributed by atoms with Crippen LogP contribution < -0.4 is 0 Å². The van der Waals surface area contributed by atoms with Crippen LogP contribution in [0.2, 0.25) is 0 Å². The molecule has 0 radical (unpaired) electrons. The quantitative estimate of drug-likeness (QED) is 0.904. The van der Waals surface area contributed by atoms with E-state index in [-0.39, 0.29) is 23.7 Å². The van der Waals surface area contributed by atoms with E-state index in [2.05, 4.69) is 4.98 Å². The van der Waals surface area contributed by atoms with Gasteiger partial charge in [-0.2, -0.15) is 0 Å². The van der Waals surface area contributed by atoms with Crippen molar-refractivity contribution in [2.75, 3.05) is 13.2 Å². The maximum Gasteiger partial charge on any atom is 0.354 e. The molecule has 2 unspecified atom stereocenters. The predicted molar refractivity (Wildman–Crippen MR) is 71.7 cm³/mol. The number of ether oxygens (including phenoxy) is 1. The Morgan fingerprint density at radius 3 is 2.80 bits per heavy atom. The van der Waals surface area contributed by atoms with Crippen LogP contribution in [0.15, 0.2) is 18.3 Å². The SMILES string of the molecule is CCC1COC(C)CN1C(=O)c1ccc(C(=O)O)nc1. The van der Waals surface area contributed by atoms with Gasteiger partial charge in [0.2, 0.25) is 0 Å². The van der Waals surface area contributed by atoms with Crippen molar-refractivity contribution < 1.29 is 19.4 Å². The first-order valence-corrected chi connectivity index (χ1v) is 6.64. The fourth-order valence-corrected chi connectivity index (χ4v) is 2.24. The van der Waals surface area contributed by atoms with Gasteiger partial charge in [-0.05, 0) is 25.5 Å². The largest absolute Gasteiger partial charge is 0.477 e. The molecule has 1 aliphatic rings. The highest BCUT2D eigenvalue weighted by Gasteiger charge is 2.30. The number of carboxylic acids is 1. The van der Waals surface area contributed by atoms with Gasteiger partial charge in [0.15, 0.2) is 0 Å². The monoisotopic (exact) mass is 278 g/mol. The molecule has 1 aromatic rings. The Hall–Kier alpha value is -1.95. The number of aromatic nitrogens is 1. The number of pyridine rings is 1. The average molecular weight is 278 g/mol. The molecule has 0 saturated carbocycles. The molecule has 1 fully saturated rings. The molecule has 1 amide bonds. The van der Waals surface area contributed by atoms with Crippen LogP contribution in [0.3, 0.4) is 0 Å². The first-order chi connectivity index (χ1) is 9.52. The van der Waals surface area contributed by atoms with Crippen LogP contribution in [0, 0.1) is 0 Å². The van der Waals surface area contributed by atoms with E-state index >= 15 is 0 Å². The number of aromatic carboxylic acids is 1. The van der Waals surface area contributed by atoms with Gasteiger partial charge in [0.1, 0.15) is 5.69 Å². The van der Waals surface area contributed by atoms with Crippen molar-refractivity contribution >= 4 is 11.9 Å². The average Bonchev–Trinajstić information content (AvgIpc) is 2.46. The van der Waals surface area contributed by atoms with Crippen LogP contribution in [-0.2, 0) is 4.74 Å². The first kappa shape index (κ1) is 14.5. The van der Waals surface area contributed by atoms with Crippen LogP contribution in [0.1, 0.15) is 41.1 Å². The molecule has 1 saturated heterocycles. The molecule has 2 heterocycles. The summed E-state index contributed by atoms with van der Waals surface area (Å²) in [4.78, 5) is 28.8. The minimum absolute atomic E-state index is 0.00741. The summed E-state index contributed by atoms with van der Waals surface area (Å²) in [5.74, 6) is -1.23. The number of rotatable bonds is 3. The number of hydrogen-bond acceptors (Lipinski definition) is 4. The summed E-state index contributed by atoms with van der Waals surface area (Å²) in [6.07, 6.45) is 2.14. The molecule has 0 bridgehead atoms. The zero-order chi connectivity index (χ0) is 14.7. The standard InChI is InChI=1S/C14H18N2O4/c1-3-11-8-20-9(2)7-16(11)13(17)10-4-5-12(14(18)19)15-6-10/h4-6,9,11H,3,7-8H2,1-2H3,(H,18,19). The molecule has 6 heteroatoms. The zero-order valence-corrected chi connectivity index (χ0v) is 11.6. The molecule has 1 aromatic heterocycles. The van der Waals surface area contributed by atoms with E-state index in [9.17, 15) is 9.59 Å². The van der Waals surface area contributed by atoms with E-state index in [0.717, 1.165) is 6.42 Å². The van der Waals surface area contributed by atoms with E-state index in [1.807, 2.05) is 13.8 Å². The number of carboxylic acid groups (broad SMARTS) is 1. The summed E-state index contributed by atoms with van der Waals surface area (Å²) in [7, 11) is 0. The lowest BCUT2D eigenvalue weighted by Gasteiger charge is -2.38. The number of hydrogen-bond donors (Lipinski definition) is 1. The van der Waals surface area contributed by atoms with E-state index in [0.29, 0.717) is 18.7 Å². The highest BCUT2D eigenvalue weighted by Crippen LogP contribution is 2.17. The summed E-state index contributed by atoms with van der Waals surface area (Å²) in [5, 5.41) is 8.80. The Bertz CT molecular complexity index is 500. The lowest BCUT2D eigenvalue weighted by atomic mass is 10.1. The third kappa shape index (κ3) is 2.96. The Labute approximate surface area is 117 Å². The van der Waals surface area contributed by atoms with E-state index in [1.165, 1.54) is 18.3 Å². The summed E-state index contributed by atoms with van der Waals surface area (Å²) in [6, 6.07) is 2.91. The minimum atomic E-state index is -1.10. The Morgan fingerprint density at radius 2 is 2.25 bits per heavy atom. The molecule has 1 N–H and O–H groups in total. The zero-order valence-electron chi connectivity index (χ0n) is 11.6. The second-order valence-electron chi connectivity index (χ2n) is 4.90. The molecule has 2 atom stereocenters. The highest BCUT2D eigenvalue weighted by atomic mass is 16.5. The summed E-state index contributed by atoms with van der Waals surface area (Å²) in [6.45, 7) is 5.01. The summed E-state index contributed by atoms with van der Waals surface area (Å²) >= 11 is 0. The third-order valence-electron chi connectivity index (χ3n) is 3.43. The Balaban J connectivity index is 2.18. The number of carbonyl (C=O) groups excluding carboxylic acids is 1. The van der Waals surface area contributed by atoms with Crippen molar-refractivity contribution in [3.05, 3.63) is 29.6 Å². The topological polar surface area (TPSA) is 79.7 Å². The van der Waals surface area contributed by atoms with Crippen molar-refractivity contribution in [3.8, 4) is 0 Å². The number of nitrogens with zero attached hydrogens (tertiary/aromatic N) is 2. The molecule has 0 aromatic carbocycles. The van der Waals surface area contributed by atoms with E-state index in [4.69, 9.17) is 9.84 Å². The van der Waals surface area contributed by atoms with Crippen LogP contribution in [0.25, 0.3) is 0 Å². The molecule has 1 aliphatic heterocycles. The lowest BCUT2D eigenvalue weighted by Crippen LogP contribution is -2.51. The molecule has 6 nitrogen and oxygen atoms in total. The molecule has 0 aliphatic carbocycles. The van der Waals surface area contributed by atoms with Gasteiger partial charge in [-0.25, -0.2) is 9.78 Å². The van der Waals surface area contributed by atoms with Gasteiger partial charge in [0.05, 0.1) is 24.3 Å². The van der Waals surface area contributed by atoms with Crippen LogP contribution in [0.5, 0.6) is 0 Å². The van der Waals surface area contributed by atoms with Crippen molar-refractivity contribution in [2.24, 2.45) is 0 Å². The minimum Gasteiger partial charge on any atom is -0.477 e. The maximum atomic E-state index is 12.5. The lowest BCUT2D eigenvalue weighted by molar-refractivity contribution is -0.0444. The summed E-state index contributed by atoms with van der Waals surface area (Å²) < 4.78 is 5.56. The molecule has 108 valence electrons. The smallest absolute Gasteiger partial charge is 0.354 e. The Morgan fingerprint density at radius 1 is 1.50 bits per heavy atom. The first-order valence-electron chi connectivity index (χ1n) is 6.64. The van der Waals surface area contributed by atoms with E-state index < -0.39 is 5.97 Å². The highest BCUT2D eigenvalue weighted by molar-refractivity contribution is 5.95. The van der Waals surface area contributed by atoms with Crippen molar-refractivity contribution in [1.82, 2.24) is 9.88 Å². The Kier molecular flexibility index (Phi) is 4.34. The van der Waals surface area contributed by atoms with Gasteiger partial charge in [-0.3, -0.25) is 4.79 Å². The van der Waals surface area contributed by atoms with E-state index in [1.54, 1.807) is 4.90 Å². The molecule has 20 heavy (non-hydrogen) atoms. The van der Waals surface area contributed by atoms with Gasteiger partial charge in [0.25, 0.3) is 5.91 Å². The number of carbonyl (C=O) groups is 2. The second-order valence-corrected chi connectivity index (χ2v) is 4.90. The normalized spacial score (nSPS) is 22.6. The second kappa shape index (κ2) is 6.00. The van der Waals surface area contributed by atoms with Crippen molar-refractivity contribution in [2.45, 2.75) is 32.4 Å². The van der Waals surface area contributed by atoms with Gasteiger partial charge >= 0.3 is 5.97 Å². The number of amides is 1. The van der Waals surface area contributed by atoms with Crippen LogP contribution in [-0.4, -0.2) is 52.2 Å². The van der Waals surface area contributed by atoms with Gasteiger partial charge in [-0.1, -0.05) is 6.92 Å². The molecule has 0 spiro atoms. The van der Waals surface area contributed by atoms with Crippen molar-refractivity contribution in [3.63, 3.8) is 0 Å². The van der Waals surface area contributed by atoms with Crippen LogP contribution in [0.4, 0.5) is 0 Å². The molecule has 2 rings (SSSR count). The third-order valence-corrected chi connectivity index (χ3v) is 3.43. The predicted octanol–water partition coefficient (Wildman–Crippen LogP) is 1.42. The number of morpholine rings is 1. The summed E-state index contributed by atoms with van der Waals surface area (Å²) in [5.41, 5.74) is 0.339. The van der Waals surface area contributed by atoms with Gasteiger partial charge < -0.3 is 14.7 Å². The van der Waals surface area contributed by atoms with Crippen LogP contribution >= 0.6 is 0 Å². The van der Waals surface area contributed by atoms with Crippen molar-refractivity contribution in [1.29, 1.82) is 0 Å². The molecular formula is C14H18N2O4. The fourth-order valence-electron chi connectivity index (χ4n) is 2.24. The molecular weight excluding hydrogens is 260 g/mol. The fraction of sp³-hybridized carbons (Fsp3) is 0.500. The van der Waals surface area contributed by atoms with Gasteiger partial charge in [-0.15, -0.1) is 0 Å². The maximum absolute atomic E-state index is 12.5.